The molecule has 3 aromatic rings. The molecule has 0 fully saturated rings. The molecule has 0 amide bonds. The summed E-state index contributed by atoms with van der Waals surface area (Å²) in [5, 5.41) is 0.974. The van der Waals surface area contributed by atoms with E-state index in [2.05, 4.69) is 15.4 Å². The Kier molecular flexibility index (Phi) is 3.37. The zero-order valence-electron chi connectivity index (χ0n) is 10.6. The number of hydrogen-bond acceptors (Lipinski definition) is 4. The molecule has 0 bridgehead atoms. The van der Waals surface area contributed by atoms with E-state index in [1.54, 1.807) is 18.5 Å². The van der Waals surface area contributed by atoms with Gasteiger partial charge >= 0.3 is 0 Å². The van der Waals surface area contributed by atoms with Crippen LogP contribution in [0.4, 0.5) is 4.39 Å². The molecule has 0 aliphatic rings. The number of hydrogen-bond donors (Lipinski definition) is 2. The van der Waals surface area contributed by atoms with Crippen LogP contribution in [0.2, 0.25) is 0 Å². The quantitative estimate of drug-likeness (QED) is 0.565. The Balaban J connectivity index is 2.10. The van der Waals surface area contributed by atoms with Crippen LogP contribution in [0.15, 0.2) is 54.9 Å². The fourth-order valence-corrected chi connectivity index (χ4v) is 2.22. The number of halogens is 1. The lowest BCUT2D eigenvalue weighted by Crippen LogP contribution is -2.30. The van der Waals surface area contributed by atoms with Crippen LogP contribution in [0.5, 0.6) is 0 Å². The minimum Gasteiger partial charge on any atom is -0.271 e. The van der Waals surface area contributed by atoms with Gasteiger partial charge in [0.15, 0.2) is 0 Å². The molecule has 20 heavy (non-hydrogen) atoms. The van der Waals surface area contributed by atoms with Crippen LogP contribution in [-0.4, -0.2) is 9.97 Å². The maximum Gasteiger partial charge on any atom is 0.146 e. The van der Waals surface area contributed by atoms with Crippen LogP contribution < -0.4 is 11.3 Å². The van der Waals surface area contributed by atoms with Gasteiger partial charge in [-0.05, 0) is 35.9 Å². The normalized spacial score (nSPS) is 12.5. The van der Waals surface area contributed by atoms with Gasteiger partial charge in [-0.1, -0.05) is 12.1 Å². The number of nitrogens with one attached hydrogen (secondary N) is 1. The third-order valence-corrected chi connectivity index (χ3v) is 3.19. The van der Waals surface area contributed by atoms with Gasteiger partial charge in [0, 0.05) is 17.8 Å². The second kappa shape index (κ2) is 5.32. The van der Waals surface area contributed by atoms with Crippen molar-refractivity contribution in [3.05, 3.63) is 71.9 Å². The van der Waals surface area contributed by atoms with Crippen molar-refractivity contribution in [1.29, 1.82) is 0 Å². The fraction of sp³-hybridized carbons (Fsp3) is 0.0667. The number of benzene rings is 1. The minimum atomic E-state index is -0.499. The van der Waals surface area contributed by atoms with E-state index < -0.39 is 6.04 Å². The van der Waals surface area contributed by atoms with Gasteiger partial charge in [0.05, 0.1) is 17.3 Å². The first-order valence-electron chi connectivity index (χ1n) is 6.21. The van der Waals surface area contributed by atoms with Gasteiger partial charge in [-0.2, -0.15) is 0 Å². The molecule has 100 valence electrons. The van der Waals surface area contributed by atoms with Crippen LogP contribution in [0.25, 0.3) is 10.9 Å². The van der Waals surface area contributed by atoms with Crippen molar-refractivity contribution in [3.8, 4) is 0 Å². The first kappa shape index (κ1) is 12.7. The third kappa shape index (κ3) is 2.24. The number of nitrogens with zero attached hydrogens (tertiary/aromatic N) is 2. The zero-order chi connectivity index (χ0) is 13.9. The maximum absolute atomic E-state index is 13.9. The third-order valence-electron chi connectivity index (χ3n) is 3.19. The molecule has 3 N–H and O–H groups in total. The molecule has 0 saturated carbocycles. The van der Waals surface area contributed by atoms with Crippen LogP contribution in [0.1, 0.15) is 17.3 Å². The number of fused-ring (bicyclic) bond motifs is 1. The second-order valence-corrected chi connectivity index (χ2v) is 4.43. The monoisotopic (exact) mass is 268 g/mol. The van der Waals surface area contributed by atoms with Crippen molar-refractivity contribution in [3.63, 3.8) is 0 Å². The van der Waals surface area contributed by atoms with Crippen molar-refractivity contribution < 1.29 is 4.39 Å². The van der Waals surface area contributed by atoms with Gasteiger partial charge in [0.2, 0.25) is 0 Å². The second-order valence-electron chi connectivity index (χ2n) is 4.43. The summed E-state index contributed by atoms with van der Waals surface area (Å²) in [7, 11) is 0. The minimum absolute atomic E-state index is 0.276. The lowest BCUT2D eigenvalue weighted by molar-refractivity contribution is 0.544. The van der Waals surface area contributed by atoms with Crippen molar-refractivity contribution in [1.82, 2.24) is 15.4 Å². The molecule has 1 atom stereocenters. The molecule has 4 nitrogen and oxygen atoms in total. The largest absolute Gasteiger partial charge is 0.271 e. The highest BCUT2D eigenvalue weighted by Crippen LogP contribution is 2.24. The summed E-state index contributed by atoms with van der Waals surface area (Å²) in [6, 6.07) is 11.9. The molecule has 0 saturated heterocycles. The van der Waals surface area contributed by atoms with Gasteiger partial charge in [-0.15, -0.1) is 0 Å². The Morgan fingerprint density at radius 1 is 1.05 bits per heavy atom. The average molecular weight is 268 g/mol. The molecular weight excluding hydrogens is 255 g/mol. The number of rotatable bonds is 3. The highest BCUT2D eigenvalue weighted by Gasteiger charge is 2.18. The SMILES string of the molecule is NNC(c1ccc2ncccc2c1)c1ncccc1F. The van der Waals surface area contributed by atoms with E-state index in [0.29, 0.717) is 0 Å². The van der Waals surface area contributed by atoms with Crippen LogP contribution in [-0.2, 0) is 0 Å². The van der Waals surface area contributed by atoms with Gasteiger partial charge in [-0.25, -0.2) is 9.82 Å². The molecule has 3 rings (SSSR count). The fourth-order valence-electron chi connectivity index (χ4n) is 2.22. The highest BCUT2D eigenvalue weighted by molar-refractivity contribution is 5.79. The van der Waals surface area contributed by atoms with E-state index in [4.69, 9.17) is 5.84 Å². The lowest BCUT2D eigenvalue weighted by atomic mass is 10.0. The molecule has 0 aliphatic carbocycles. The number of nitrogens with two attached hydrogens (primary N) is 1. The Labute approximate surface area is 115 Å². The molecule has 0 radical (unpaired) electrons. The summed E-state index contributed by atoms with van der Waals surface area (Å²) in [4.78, 5) is 8.33. The Hall–Kier alpha value is -2.37. The van der Waals surface area contributed by atoms with Crippen molar-refractivity contribution in [2.24, 2.45) is 5.84 Å². The Morgan fingerprint density at radius 2 is 1.85 bits per heavy atom. The molecule has 2 heterocycles. The highest BCUT2D eigenvalue weighted by atomic mass is 19.1. The van der Waals surface area contributed by atoms with Crippen LogP contribution in [0, 0.1) is 5.82 Å². The van der Waals surface area contributed by atoms with E-state index in [9.17, 15) is 4.39 Å². The van der Waals surface area contributed by atoms with Crippen molar-refractivity contribution in [2.75, 3.05) is 0 Å². The Bertz CT molecular complexity index is 745. The zero-order valence-corrected chi connectivity index (χ0v) is 10.6. The lowest BCUT2D eigenvalue weighted by Gasteiger charge is -2.16. The van der Waals surface area contributed by atoms with Crippen LogP contribution in [0.3, 0.4) is 0 Å². The molecule has 1 unspecified atom stereocenters. The van der Waals surface area contributed by atoms with Gasteiger partial charge in [0.1, 0.15) is 5.82 Å². The van der Waals surface area contributed by atoms with Gasteiger partial charge in [0.25, 0.3) is 0 Å². The molecule has 2 aromatic heterocycles. The molecule has 1 aromatic carbocycles. The predicted octanol–water partition coefficient (Wildman–Crippen LogP) is 2.32. The summed E-state index contributed by atoms with van der Waals surface area (Å²) >= 11 is 0. The smallest absolute Gasteiger partial charge is 0.146 e. The van der Waals surface area contributed by atoms with E-state index in [1.807, 2.05) is 30.3 Å². The van der Waals surface area contributed by atoms with Crippen LogP contribution >= 0.6 is 0 Å². The van der Waals surface area contributed by atoms with Crippen molar-refractivity contribution >= 4 is 10.9 Å². The van der Waals surface area contributed by atoms with Gasteiger partial charge < -0.3 is 0 Å². The first-order chi connectivity index (χ1) is 9.79. The maximum atomic E-state index is 13.9. The number of aromatic nitrogens is 2. The molecule has 0 spiro atoms. The summed E-state index contributed by atoms with van der Waals surface area (Å²) in [6.07, 6.45) is 3.28. The summed E-state index contributed by atoms with van der Waals surface area (Å²) in [5.74, 6) is 5.19. The van der Waals surface area contributed by atoms with E-state index in [1.165, 1.54) is 6.07 Å². The molecular formula is C15H13FN4. The van der Waals surface area contributed by atoms with Gasteiger partial charge in [-0.3, -0.25) is 15.8 Å². The first-order valence-corrected chi connectivity index (χ1v) is 6.21. The topological polar surface area (TPSA) is 63.8 Å². The number of hydrazine groups is 1. The average Bonchev–Trinajstić information content (AvgIpc) is 2.50. The summed E-state index contributed by atoms with van der Waals surface area (Å²) in [5.41, 5.74) is 4.61. The summed E-state index contributed by atoms with van der Waals surface area (Å²) < 4.78 is 13.9. The van der Waals surface area contributed by atoms with E-state index in [0.717, 1.165) is 16.5 Å². The standard InChI is InChI=1S/C15H13FN4/c16-12-4-2-8-19-15(12)14(20-17)11-5-6-13-10(9-11)3-1-7-18-13/h1-9,14,20H,17H2. The molecule has 5 heteroatoms. The number of pyridine rings is 2. The predicted molar refractivity (Wildman–Crippen MR) is 75.1 cm³/mol. The Morgan fingerprint density at radius 3 is 2.65 bits per heavy atom. The summed E-state index contributed by atoms with van der Waals surface area (Å²) in [6.45, 7) is 0. The van der Waals surface area contributed by atoms with Crippen molar-refractivity contribution in [2.45, 2.75) is 6.04 Å². The molecule has 0 aliphatic heterocycles. The van der Waals surface area contributed by atoms with E-state index >= 15 is 0 Å². The van der Waals surface area contributed by atoms with E-state index in [-0.39, 0.29) is 11.5 Å².